The fraction of sp³-hybridized carbons (Fsp3) is 0.857. The summed E-state index contributed by atoms with van der Waals surface area (Å²) in [7, 11) is 0. The summed E-state index contributed by atoms with van der Waals surface area (Å²) in [6.45, 7) is 12.1. The van der Waals surface area contributed by atoms with E-state index in [1.165, 1.54) is 0 Å². The summed E-state index contributed by atoms with van der Waals surface area (Å²) in [5.41, 5.74) is -0.936. The van der Waals surface area contributed by atoms with Crippen molar-refractivity contribution in [2.24, 2.45) is 5.92 Å². The standard InChI is InChI=1S/C14H25NO3/c1-10(2)14(6)9-11(16)7-8-15(14)12(17)18-13(3,4)5/h10H,7-9H2,1-6H3. The molecule has 1 aliphatic heterocycles. The van der Waals surface area contributed by atoms with Gasteiger partial charge in [0.05, 0.1) is 5.54 Å². The van der Waals surface area contributed by atoms with Crippen molar-refractivity contribution in [1.82, 2.24) is 4.90 Å². The first-order valence-electron chi connectivity index (χ1n) is 6.58. The van der Waals surface area contributed by atoms with E-state index in [2.05, 4.69) is 0 Å². The zero-order chi connectivity index (χ0) is 14.1. The topological polar surface area (TPSA) is 46.6 Å². The fourth-order valence-electron chi connectivity index (χ4n) is 2.21. The van der Waals surface area contributed by atoms with Gasteiger partial charge in [-0.25, -0.2) is 4.79 Å². The molecule has 104 valence electrons. The fourth-order valence-corrected chi connectivity index (χ4v) is 2.21. The molecule has 0 spiro atoms. The average molecular weight is 255 g/mol. The minimum absolute atomic E-state index is 0.217. The smallest absolute Gasteiger partial charge is 0.410 e. The maximum atomic E-state index is 12.2. The number of rotatable bonds is 1. The van der Waals surface area contributed by atoms with Crippen LogP contribution in [0, 0.1) is 5.92 Å². The SMILES string of the molecule is CC(C)C1(C)CC(=O)CCN1C(=O)OC(C)(C)C. The van der Waals surface area contributed by atoms with Gasteiger partial charge in [-0.05, 0) is 33.6 Å². The Morgan fingerprint density at radius 3 is 2.39 bits per heavy atom. The summed E-state index contributed by atoms with van der Waals surface area (Å²) in [5, 5.41) is 0. The van der Waals surface area contributed by atoms with E-state index < -0.39 is 11.1 Å². The van der Waals surface area contributed by atoms with Crippen LogP contribution < -0.4 is 0 Å². The zero-order valence-electron chi connectivity index (χ0n) is 12.4. The second-order valence-corrected chi connectivity index (χ2v) is 6.61. The van der Waals surface area contributed by atoms with Crippen LogP contribution in [0.15, 0.2) is 0 Å². The molecule has 1 aliphatic rings. The molecule has 1 atom stereocenters. The van der Waals surface area contributed by atoms with Crippen LogP contribution in [-0.2, 0) is 9.53 Å². The van der Waals surface area contributed by atoms with E-state index in [1.54, 1.807) is 4.90 Å². The normalized spacial score (nSPS) is 25.5. The number of hydrogen-bond acceptors (Lipinski definition) is 3. The number of ether oxygens (including phenoxy) is 1. The zero-order valence-corrected chi connectivity index (χ0v) is 12.4. The Kier molecular flexibility index (Phi) is 4.08. The quantitative estimate of drug-likeness (QED) is 0.723. The number of Topliss-reactive ketones (excluding diaryl/α,β-unsaturated/α-hetero) is 1. The van der Waals surface area contributed by atoms with Crippen molar-refractivity contribution in [3.63, 3.8) is 0 Å². The van der Waals surface area contributed by atoms with E-state index in [1.807, 2.05) is 41.5 Å². The van der Waals surface area contributed by atoms with Crippen LogP contribution in [0.3, 0.4) is 0 Å². The molecule has 1 saturated heterocycles. The van der Waals surface area contributed by atoms with Gasteiger partial charge in [-0.15, -0.1) is 0 Å². The minimum atomic E-state index is -0.504. The molecule has 0 N–H and O–H groups in total. The summed E-state index contributed by atoms with van der Waals surface area (Å²) >= 11 is 0. The number of carbonyl (C=O) groups excluding carboxylic acids is 2. The first-order chi connectivity index (χ1) is 8.06. The number of piperidine rings is 1. The van der Waals surface area contributed by atoms with Crippen molar-refractivity contribution in [2.75, 3.05) is 6.54 Å². The number of nitrogens with zero attached hydrogens (tertiary/aromatic N) is 1. The van der Waals surface area contributed by atoms with Gasteiger partial charge >= 0.3 is 6.09 Å². The molecule has 4 nitrogen and oxygen atoms in total. The largest absolute Gasteiger partial charge is 0.444 e. The van der Waals surface area contributed by atoms with Crippen molar-refractivity contribution < 1.29 is 14.3 Å². The molecule has 18 heavy (non-hydrogen) atoms. The molecule has 0 aromatic heterocycles. The van der Waals surface area contributed by atoms with Crippen molar-refractivity contribution in [1.29, 1.82) is 0 Å². The third-order valence-electron chi connectivity index (χ3n) is 3.64. The molecular weight excluding hydrogens is 230 g/mol. The summed E-state index contributed by atoms with van der Waals surface area (Å²) in [6.07, 6.45) is 0.539. The summed E-state index contributed by atoms with van der Waals surface area (Å²) in [6, 6.07) is 0. The Morgan fingerprint density at radius 1 is 1.39 bits per heavy atom. The number of likely N-dealkylation sites (tertiary alicyclic amines) is 1. The van der Waals surface area contributed by atoms with Crippen LogP contribution in [0.25, 0.3) is 0 Å². The van der Waals surface area contributed by atoms with Crippen molar-refractivity contribution >= 4 is 11.9 Å². The lowest BCUT2D eigenvalue weighted by atomic mass is 9.79. The van der Waals surface area contributed by atoms with Crippen LogP contribution >= 0.6 is 0 Å². The van der Waals surface area contributed by atoms with Gasteiger partial charge in [0.2, 0.25) is 0 Å². The van der Waals surface area contributed by atoms with E-state index in [4.69, 9.17) is 4.74 Å². The van der Waals surface area contributed by atoms with Crippen molar-refractivity contribution in [3.05, 3.63) is 0 Å². The Balaban J connectivity index is 2.91. The number of carbonyl (C=O) groups is 2. The van der Waals surface area contributed by atoms with Crippen LogP contribution in [0.4, 0.5) is 4.79 Å². The predicted octanol–water partition coefficient (Wildman–Crippen LogP) is 3.00. The molecule has 1 unspecified atom stereocenters. The van der Waals surface area contributed by atoms with Crippen molar-refractivity contribution in [3.8, 4) is 0 Å². The maximum absolute atomic E-state index is 12.2. The lowest BCUT2D eigenvalue weighted by Gasteiger charge is -2.47. The second kappa shape index (κ2) is 4.90. The van der Waals surface area contributed by atoms with Crippen molar-refractivity contribution in [2.45, 2.75) is 65.5 Å². The Labute approximate surface area is 110 Å². The molecule has 1 heterocycles. The van der Waals surface area contributed by atoms with Gasteiger partial charge in [-0.1, -0.05) is 13.8 Å². The highest BCUT2D eigenvalue weighted by Crippen LogP contribution is 2.34. The van der Waals surface area contributed by atoms with Gasteiger partial charge in [0.25, 0.3) is 0 Å². The van der Waals surface area contributed by atoms with Gasteiger partial charge < -0.3 is 9.64 Å². The molecule has 0 aromatic rings. The van der Waals surface area contributed by atoms with E-state index in [-0.39, 0.29) is 17.8 Å². The Hall–Kier alpha value is -1.06. The summed E-state index contributed by atoms with van der Waals surface area (Å²) < 4.78 is 5.43. The highest BCUT2D eigenvalue weighted by Gasteiger charge is 2.44. The third kappa shape index (κ3) is 3.24. The molecule has 0 bridgehead atoms. The van der Waals surface area contributed by atoms with Gasteiger partial charge in [0, 0.05) is 19.4 Å². The van der Waals surface area contributed by atoms with E-state index in [9.17, 15) is 9.59 Å². The summed E-state index contributed by atoms with van der Waals surface area (Å²) in [5.74, 6) is 0.445. The highest BCUT2D eigenvalue weighted by molar-refractivity contribution is 5.83. The maximum Gasteiger partial charge on any atom is 0.410 e. The van der Waals surface area contributed by atoms with Crippen LogP contribution in [0.2, 0.25) is 0 Å². The van der Waals surface area contributed by atoms with E-state index >= 15 is 0 Å². The first-order valence-corrected chi connectivity index (χ1v) is 6.58. The van der Waals surface area contributed by atoms with Crippen LogP contribution in [0.5, 0.6) is 0 Å². The lowest BCUT2D eigenvalue weighted by molar-refractivity contribution is -0.127. The molecule has 1 fully saturated rings. The first kappa shape index (κ1) is 15.0. The monoisotopic (exact) mass is 255 g/mol. The van der Waals surface area contributed by atoms with Crippen LogP contribution in [0.1, 0.15) is 54.4 Å². The number of hydrogen-bond donors (Lipinski definition) is 0. The molecule has 4 heteroatoms. The highest BCUT2D eigenvalue weighted by atomic mass is 16.6. The number of ketones is 1. The second-order valence-electron chi connectivity index (χ2n) is 6.61. The Morgan fingerprint density at radius 2 is 1.94 bits per heavy atom. The van der Waals surface area contributed by atoms with Gasteiger partial charge in [-0.2, -0.15) is 0 Å². The number of amides is 1. The lowest BCUT2D eigenvalue weighted by Crippen LogP contribution is -2.58. The Bertz CT molecular complexity index is 343. The third-order valence-corrected chi connectivity index (χ3v) is 3.64. The predicted molar refractivity (Wildman–Crippen MR) is 70.4 cm³/mol. The average Bonchev–Trinajstić information content (AvgIpc) is 2.13. The van der Waals surface area contributed by atoms with E-state index in [0.29, 0.717) is 19.4 Å². The molecular formula is C14H25NO3. The van der Waals surface area contributed by atoms with Gasteiger partial charge in [0.1, 0.15) is 11.4 Å². The minimum Gasteiger partial charge on any atom is -0.444 e. The molecule has 1 rings (SSSR count). The molecule has 0 radical (unpaired) electrons. The van der Waals surface area contributed by atoms with E-state index in [0.717, 1.165) is 0 Å². The molecule has 0 aromatic carbocycles. The summed E-state index contributed by atoms with van der Waals surface area (Å²) in [4.78, 5) is 25.6. The van der Waals surface area contributed by atoms with Gasteiger partial charge in [-0.3, -0.25) is 4.79 Å². The van der Waals surface area contributed by atoms with Gasteiger partial charge in [0.15, 0.2) is 0 Å². The molecule has 1 amide bonds. The molecule has 0 aliphatic carbocycles. The van der Waals surface area contributed by atoms with Crippen LogP contribution in [-0.4, -0.2) is 34.5 Å². The molecule has 0 saturated carbocycles.